The monoisotopic (exact) mass is 311 g/mol. The second-order valence-corrected chi connectivity index (χ2v) is 5.86. The number of nitrogens with zero attached hydrogens (tertiary/aromatic N) is 1. The van der Waals surface area contributed by atoms with Crippen LogP contribution in [0.4, 0.5) is 0 Å². The van der Waals surface area contributed by atoms with Crippen LogP contribution in [-0.2, 0) is 11.8 Å². The number of rotatable bonds is 2. The van der Waals surface area contributed by atoms with Gasteiger partial charge in [0.05, 0.1) is 12.5 Å². The Morgan fingerprint density at radius 2 is 2.59 bits per heavy atom. The fourth-order valence-electron chi connectivity index (χ4n) is 4.04. The summed E-state index contributed by atoms with van der Waals surface area (Å²) in [6.45, 7) is -3.32. The summed E-state index contributed by atoms with van der Waals surface area (Å²) >= 11 is 0. The lowest BCUT2D eigenvalue weighted by molar-refractivity contribution is -0.0453. The molecule has 1 spiro atoms. The maximum Gasteiger partial charge on any atom is 0.211 e. The second kappa shape index (κ2) is 4.06. The Morgan fingerprint density at radius 1 is 1.59 bits per heavy atom. The van der Waals surface area contributed by atoms with E-state index in [0.717, 1.165) is 18.2 Å². The average Bonchev–Trinajstić information content (AvgIpc) is 2.95. The number of likely N-dealkylation sites (N-methyl/N-ethyl adjacent to an activating group) is 1. The maximum absolute atomic E-state index is 9.51. The van der Waals surface area contributed by atoms with E-state index in [0.29, 0.717) is 4.90 Å². The van der Waals surface area contributed by atoms with Crippen molar-refractivity contribution in [2.45, 2.75) is 36.4 Å². The quantitative estimate of drug-likeness (QED) is 0.841. The van der Waals surface area contributed by atoms with Crippen molar-refractivity contribution in [1.82, 2.24) is 4.90 Å². The Balaban J connectivity index is 1.93. The van der Waals surface area contributed by atoms with Crippen LogP contribution >= 0.6 is 0 Å². The molecule has 1 fully saturated rings. The standard InChI is InChI=1S/C18H21NO3/c1-19-8-7-18-11-4-5-13(20)17(18)22-16-14(21-2)6-3-10(15(16)18)9-12(11)19/h3-6,11-13,17,20H,7-9H2,1-2H3/t11-,12+,13?,17?,18-/m0/s1/i1D3,2D3,9D2,11D,12D,17D,20D. The van der Waals surface area contributed by atoms with Gasteiger partial charge in [-0.25, -0.2) is 0 Å². The number of hydrogen-bond donors (Lipinski definition) is 1. The molecule has 5 rings (SSSR count). The third kappa shape index (κ3) is 1.28. The fraction of sp³-hybridized carbons (Fsp3) is 0.556. The third-order valence-electron chi connectivity index (χ3n) is 4.94. The predicted molar refractivity (Wildman–Crippen MR) is 82.5 cm³/mol. The molecule has 4 nitrogen and oxygen atoms in total. The van der Waals surface area contributed by atoms with Crippen LogP contribution in [0, 0.1) is 5.89 Å². The number of methoxy groups -OCH3 is 1. The normalized spacial score (nSPS) is 62.5. The Kier molecular flexibility index (Phi) is 1.08. The first-order chi connectivity index (χ1) is 15.4. The van der Waals surface area contributed by atoms with Gasteiger partial charge in [-0.15, -0.1) is 0 Å². The van der Waals surface area contributed by atoms with Gasteiger partial charge in [-0.3, -0.25) is 0 Å². The zero-order chi connectivity index (χ0) is 25.3. The second-order valence-electron chi connectivity index (χ2n) is 5.86. The summed E-state index contributed by atoms with van der Waals surface area (Å²) in [4.78, 5) is 0.665. The van der Waals surface area contributed by atoms with Crippen molar-refractivity contribution in [1.29, 1.82) is 1.43 Å². The number of aliphatic hydroxyl groups is 1. The lowest BCUT2D eigenvalue weighted by Crippen LogP contribution is -2.64. The van der Waals surface area contributed by atoms with Gasteiger partial charge in [0.1, 0.15) is 12.2 Å². The first kappa shape index (κ1) is 5.84. The number of piperidine rings is 1. The van der Waals surface area contributed by atoms with E-state index in [1.54, 1.807) is 0 Å². The first-order valence-electron chi connectivity index (χ1n) is 13.0. The number of aliphatic hydroxyl groups excluding tert-OH is 1. The van der Waals surface area contributed by atoms with Crippen molar-refractivity contribution < 1.29 is 29.7 Å². The Morgan fingerprint density at radius 3 is 3.45 bits per heavy atom. The fourth-order valence-corrected chi connectivity index (χ4v) is 4.04. The van der Waals surface area contributed by atoms with Crippen LogP contribution < -0.4 is 9.47 Å². The average molecular weight is 311 g/mol. The van der Waals surface area contributed by atoms with Crippen LogP contribution in [0.15, 0.2) is 24.3 Å². The van der Waals surface area contributed by atoms with Crippen molar-refractivity contribution in [2.75, 3.05) is 20.6 Å². The molecule has 5 atom stereocenters. The number of hydrogen-bond acceptors (Lipinski definition) is 4. The van der Waals surface area contributed by atoms with E-state index in [1.165, 1.54) is 6.07 Å². The summed E-state index contributed by atoms with van der Waals surface area (Å²) in [5.41, 5.74) is -2.09. The van der Waals surface area contributed by atoms with Crippen LogP contribution in [0.1, 0.15) is 32.6 Å². The Hall–Kier alpha value is -1.52. The summed E-state index contributed by atoms with van der Waals surface area (Å²) in [5.74, 6) is -2.99. The number of benzene rings is 1. The van der Waals surface area contributed by atoms with Crippen molar-refractivity contribution in [2.24, 2.45) is 5.89 Å². The summed E-state index contributed by atoms with van der Waals surface area (Å²) in [6.07, 6.45) is -4.45. The lowest BCUT2D eigenvalue weighted by Gasteiger charge is -2.56. The van der Waals surface area contributed by atoms with E-state index < -0.39 is 49.9 Å². The van der Waals surface area contributed by atoms with Gasteiger partial charge in [-0.1, -0.05) is 18.2 Å². The molecule has 0 radical (unpaired) electrons. The van der Waals surface area contributed by atoms with E-state index in [9.17, 15) is 4.11 Å². The van der Waals surface area contributed by atoms with Crippen LogP contribution in [0.25, 0.3) is 0 Å². The molecule has 1 N–H and O–H groups in total. The highest BCUT2D eigenvalue weighted by atomic mass is 16.5. The van der Waals surface area contributed by atoms with E-state index >= 15 is 0 Å². The van der Waals surface area contributed by atoms with E-state index in [1.807, 2.05) is 0 Å². The SMILES string of the molecule is [2H]OC1C=C[C@]2([2H])[C@@]34CCN(C([2H])([2H])[2H])[C@]2([2H])C([2H])([2H])c2ccc(OC([2H])([2H])[2H])c(c23)OC14[2H]. The van der Waals surface area contributed by atoms with Gasteiger partial charge in [-0.2, -0.15) is 0 Å². The van der Waals surface area contributed by atoms with Crippen molar-refractivity contribution in [3.05, 3.63) is 35.4 Å². The molecular formula is C18H21NO3. The van der Waals surface area contributed by atoms with Crippen molar-refractivity contribution in [3.63, 3.8) is 0 Å². The molecule has 4 aliphatic rings. The van der Waals surface area contributed by atoms with Gasteiger partial charge >= 0.3 is 0 Å². The van der Waals surface area contributed by atoms with Gasteiger partial charge in [0.25, 0.3) is 0 Å². The molecule has 2 aliphatic heterocycles. The molecule has 1 saturated heterocycles. The number of likely N-dealkylation sites (tertiary alicyclic amines) is 1. The Bertz CT molecular complexity index is 1100. The molecule has 1 aromatic carbocycles. The molecule has 22 heavy (non-hydrogen) atoms. The summed E-state index contributed by atoms with van der Waals surface area (Å²) in [5, 5.41) is 4.74. The van der Waals surface area contributed by atoms with Gasteiger partial charge in [0, 0.05) is 32.5 Å². The third-order valence-corrected chi connectivity index (χ3v) is 4.94. The van der Waals surface area contributed by atoms with Crippen molar-refractivity contribution in [3.8, 4) is 11.5 Å². The highest BCUT2D eigenvalue weighted by Gasteiger charge is 2.64. The summed E-state index contributed by atoms with van der Waals surface area (Å²) in [7, 11) is -2.91. The van der Waals surface area contributed by atoms with Gasteiger partial charge in [-0.05, 0) is 37.9 Å². The first-order valence-corrected chi connectivity index (χ1v) is 7.07. The van der Waals surface area contributed by atoms with Gasteiger partial charge < -0.3 is 19.5 Å². The van der Waals surface area contributed by atoms with Crippen LogP contribution in [-0.4, -0.2) is 50.2 Å². The van der Waals surface area contributed by atoms with Crippen LogP contribution in [0.5, 0.6) is 11.5 Å². The Labute approximate surface area is 147 Å². The van der Waals surface area contributed by atoms with Crippen LogP contribution in [0.3, 0.4) is 0 Å². The smallest absolute Gasteiger partial charge is 0.211 e. The molecule has 116 valence electrons. The molecule has 2 aliphatic carbocycles. The largest absolute Gasteiger partial charge is 0.493 e. The maximum atomic E-state index is 9.51. The molecule has 2 heterocycles. The predicted octanol–water partition coefficient (Wildman–Crippen LogP) is 1.50. The van der Waals surface area contributed by atoms with E-state index in [-0.39, 0.29) is 35.6 Å². The minimum absolute atomic E-state index is 0.0243. The van der Waals surface area contributed by atoms with Crippen LogP contribution in [0.2, 0.25) is 0 Å². The molecule has 0 aromatic heterocycles. The zero-order valence-corrected chi connectivity index (χ0v) is 11.5. The van der Waals surface area contributed by atoms with Gasteiger partial charge in [0.2, 0.25) is 1.43 Å². The highest BCUT2D eigenvalue weighted by molar-refractivity contribution is 5.62. The van der Waals surface area contributed by atoms with Gasteiger partial charge in [0.15, 0.2) is 11.5 Å². The molecule has 1 aromatic rings. The molecule has 2 bridgehead atoms. The zero-order valence-electron chi connectivity index (χ0n) is 23.5. The number of ether oxygens (including phenoxy) is 2. The summed E-state index contributed by atoms with van der Waals surface area (Å²) < 4.78 is 111. The summed E-state index contributed by atoms with van der Waals surface area (Å²) in [6, 6.07) is -0.420. The minimum atomic E-state index is -2.93. The topological polar surface area (TPSA) is 41.9 Å². The van der Waals surface area contributed by atoms with E-state index in [2.05, 4.69) is 0 Å². The van der Waals surface area contributed by atoms with Crippen molar-refractivity contribution >= 4 is 0 Å². The minimum Gasteiger partial charge on any atom is -0.493 e. The molecule has 2 unspecified atom stereocenters. The molecule has 0 saturated carbocycles. The molecule has 4 heteroatoms. The highest BCUT2D eigenvalue weighted by Crippen LogP contribution is 2.62. The molecular weight excluding hydrogens is 278 g/mol. The molecule has 0 amide bonds. The lowest BCUT2D eigenvalue weighted by atomic mass is 9.53. The van der Waals surface area contributed by atoms with E-state index in [4.69, 9.17) is 27.0 Å².